The molecule has 2 heterocycles. The van der Waals surface area contributed by atoms with Crippen LogP contribution in [0.1, 0.15) is 93.5 Å². The Morgan fingerprint density at radius 3 is 2.68 bits per heavy atom. The molecule has 3 aromatic rings. The number of nitrogens with zero attached hydrogens (tertiary/aromatic N) is 2. The van der Waals surface area contributed by atoms with Crippen LogP contribution in [0.15, 0.2) is 48.7 Å². The second-order valence-corrected chi connectivity index (χ2v) is 16.2. The van der Waals surface area contributed by atoms with E-state index < -0.39 is 11.5 Å². The lowest BCUT2D eigenvalue weighted by Gasteiger charge is -2.47. The van der Waals surface area contributed by atoms with Gasteiger partial charge in [-0.2, -0.15) is 0 Å². The van der Waals surface area contributed by atoms with Crippen LogP contribution in [0.3, 0.4) is 0 Å². The Hall–Kier alpha value is -3.49. The van der Waals surface area contributed by atoms with E-state index in [-0.39, 0.29) is 5.41 Å². The monoisotopic (exact) mass is 701 g/mol. The molecule has 4 atom stereocenters. The standard InChI is InChI=1S/C41H52ClN3O5/c1-26(24-49-35-11-17-43-34-10-5-7-27(2)38(34)35)19-29-20-28-21-36-37(48-18-12-32(25-50-36)45(3)4)23-33(28)40(29)13-15-41(16-14-40,39(46)47)44-31-9-6-8-30(42)22-31/h6,8-9,11,17,21-23,26-27,29,32,44H,5,7,10,12-16,18-20,24-25H2,1-4H3,(H,46,47)/t26-,27-,29+,32-,40?,41?/m1/s1. The predicted octanol–water partition coefficient (Wildman–Crippen LogP) is 8.29. The fourth-order valence-corrected chi connectivity index (χ4v) is 9.51. The molecule has 1 fully saturated rings. The number of anilines is 1. The van der Waals surface area contributed by atoms with Gasteiger partial charge in [-0.05, 0) is 143 Å². The third kappa shape index (κ3) is 6.78. The van der Waals surface area contributed by atoms with Crippen LogP contribution in [0.4, 0.5) is 5.69 Å². The summed E-state index contributed by atoms with van der Waals surface area (Å²) >= 11 is 6.29. The molecule has 1 aliphatic heterocycles. The predicted molar refractivity (Wildman–Crippen MR) is 197 cm³/mol. The third-order valence-corrected chi connectivity index (χ3v) is 12.5. The van der Waals surface area contributed by atoms with Gasteiger partial charge in [0.25, 0.3) is 0 Å². The largest absolute Gasteiger partial charge is 0.493 e. The van der Waals surface area contributed by atoms with Gasteiger partial charge in [0.15, 0.2) is 11.5 Å². The van der Waals surface area contributed by atoms with Crippen molar-refractivity contribution in [3.63, 3.8) is 0 Å². The number of nitrogens with one attached hydrogen (secondary N) is 1. The van der Waals surface area contributed by atoms with E-state index in [1.807, 2.05) is 36.5 Å². The summed E-state index contributed by atoms with van der Waals surface area (Å²) in [5.41, 5.74) is 4.58. The van der Waals surface area contributed by atoms with E-state index in [2.05, 4.69) is 55.3 Å². The number of ether oxygens (including phenoxy) is 3. The molecule has 0 radical (unpaired) electrons. The maximum Gasteiger partial charge on any atom is 0.329 e. The number of fused-ring (bicyclic) bond motifs is 4. The summed E-state index contributed by atoms with van der Waals surface area (Å²) in [7, 11) is 4.17. The average molecular weight is 702 g/mol. The van der Waals surface area contributed by atoms with E-state index in [0.29, 0.717) is 61.5 Å². The van der Waals surface area contributed by atoms with Crippen LogP contribution < -0.4 is 19.5 Å². The first-order valence-electron chi connectivity index (χ1n) is 18.5. The molecule has 0 bridgehead atoms. The van der Waals surface area contributed by atoms with Crippen LogP contribution in [0.2, 0.25) is 5.02 Å². The number of carbonyl (C=O) groups is 1. The summed E-state index contributed by atoms with van der Waals surface area (Å²) in [6.45, 7) is 6.47. The number of rotatable bonds is 9. The van der Waals surface area contributed by atoms with E-state index in [1.54, 1.807) is 0 Å². The molecule has 2 aromatic carbocycles. The first kappa shape index (κ1) is 34.9. The quantitative estimate of drug-likeness (QED) is 0.230. The molecule has 1 saturated carbocycles. The fraction of sp³-hybridized carbons (Fsp3) is 0.561. The zero-order valence-electron chi connectivity index (χ0n) is 30.0. The van der Waals surface area contributed by atoms with Crippen LogP contribution >= 0.6 is 11.6 Å². The van der Waals surface area contributed by atoms with Crippen molar-refractivity contribution < 1.29 is 24.1 Å². The van der Waals surface area contributed by atoms with Gasteiger partial charge in [0, 0.05) is 40.6 Å². The number of carboxylic acid groups (broad SMARTS) is 1. The highest BCUT2D eigenvalue weighted by molar-refractivity contribution is 6.30. The van der Waals surface area contributed by atoms with E-state index in [1.165, 1.54) is 35.2 Å². The van der Waals surface area contributed by atoms with Gasteiger partial charge >= 0.3 is 5.97 Å². The van der Waals surface area contributed by atoms with Crippen molar-refractivity contribution >= 4 is 23.3 Å². The van der Waals surface area contributed by atoms with Crippen molar-refractivity contribution in [1.29, 1.82) is 0 Å². The second-order valence-electron chi connectivity index (χ2n) is 15.7. The molecule has 1 aromatic heterocycles. The molecule has 9 heteroatoms. The highest BCUT2D eigenvalue weighted by Crippen LogP contribution is 2.58. The molecule has 4 aliphatic rings. The Balaban J connectivity index is 1.16. The molecule has 0 unspecified atom stereocenters. The Bertz CT molecular complexity index is 1700. The molecule has 3 aliphatic carbocycles. The summed E-state index contributed by atoms with van der Waals surface area (Å²) in [4.78, 5) is 19.9. The van der Waals surface area contributed by atoms with Gasteiger partial charge in [0.2, 0.25) is 0 Å². The number of carboxylic acids is 1. The minimum atomic E-state index is -1.07. The van der Waals surface area contributed by atoms with E-state index in [9.17, 15) is 9.90 Å². The Morgan fingerprint density at radius 2 is 1.92 bits per heavy atom. The lowest BCUT2D eigenvalue weighted by Crippen LogP contribution is -2.53. The van der Waals surface area contributed by atoms with Crippen molar-refractivity contribution in [3.05, 3.63) is 76.1 Å². The van der Waals surface area contributed by atoms with Gasteiger partial charge in [-0.1, -0.05) is 31.5 Å². The van der Waals surface area contributed by atoms with Crippen molar-refractivity contribution in [2.45, 2.75) is 101 Å². The molecule has 1 spiro atoms. The van der Waals surface area contributed by atoms with Gasteiger partial charge < -0.3 is 29.5 Å². The van der Waals surface area contributed by atoms with Crippen molar-refractivity contribution in [3.8, 4) is 17.2 Å². The van der Waals surface area contributed by atoms with E-state index in [0.717, 1.165) is 61.5 Å². The zero-order valence-corrected chi connectivity index (χ0v) is 30.7. The summed E-state index contributed by atoms with van der Waals surface area (Å²) in [6, 6.07) is 14.2. The van der Waals surface area contributed by atoms with Gasteiger partial charge in [-0.25, -0.2) is 4.79 Å². The molecular formula is C41H52ClN3O5. The number of aryl methyl sites for hydroxylation is 1. The summed E-state index contributed by atoms with van der Waals surface area (Å²) in [6.07, 6.45) is 10.6. The SMILES string of the molecule is C[C@@H](COc1ccnc2c1[C@H](C)CCC2)C[C@H]1Cc2cc3c(cc2C12CCC(Nc1cccc(Cl)c1)(C(=O)O)CC2)OCC[C@@H](N(C)C)CO3. The molecule has 50 heavy (non-hydrogen) atoms. The summed E-state index contributed by atoms with van der Waals surface area (Å²) < 4.78 is 19.4. The Labute approximate surface area is 301 Å². The topological polar surface area (TPSA) is 93.2 Å². The number of aliphatic carboxylic acids is 1. The van der Waals surface area contributed by atoms with Crippen molar-refractivity contribution in [1.82, 2.24) is 9.88 Å². The zero-order chi connectivity index (χ0) is 35.0. The van der Waals surface area contributed by atoms with Crippen molar-refractivity contribution in [2.75, 3.05) is 39.2 Å². The minimum absolute atomic E-state index is 0.171. The van der Waals surface area contributed by atoms with Crippen LogP contribution in [0.25, 0.3) is 0 Å². The highest BCUT2D eigenvalue weighted by Gasteiger charge is 2.54. The maximum absolute atomic E-state index is 13.0. The van der Waals surface area contributed by atoms with Crippen LogP contribution in [-0.4, -0.2) is 66.5 Å². The van der Waals surface area contributed by atoms with Gasteiger partial charge in [0.1, 0.15) is 17.9 Å². The van der Waals surface area contributed by atoms with Gasteiger partial charge in [0.05, 0.1) is 13.2 Å². The van der Waals surface area contributed by atoms with Crippen LogP contribution in [-0.2, 0) is 23.1 Å². The normalized spacial score (nSPS) is 27.9. The van der Waals surface area contributed by atoms with Crippen molar-refractivity contribution in [2.24, 2.45) is 11.8 Å². The number of aromatic nitrogens is 1. The van der Waals surface area contributed by atoms with E-state index >= 15 is 0 Å². The van der Waals surface area contributed by atoms with Crippen LogP contribution in [0, 0.1) is 11.8 Å². The maximum atomic E-state index is 13.0. The second kappa shape index (κ2) is 14.3. The molecule has 7 rings (SSSR count). The third-order valence-electron chi connectivity index (χ3n) is 12.2. The molecule has 2 N–H and O–H groups in total. The Kier molecular flexibility index (Phi) is 9.97. The van der Waals surface area contributed by atoms with Gasteiger partial charge in [-0.15, -0.1) is 0 Å². The number of halogens is 1. The number of hydrogen-bond donors (Lipinski definition) is 2. The first-order valence-corrected chi connectivity index (χ1v) is 18.9. The lowest BCUT2D eigenvalue weighted by atomic mass is 9.59. The first-order chi connectivity index (χ1) is 24.1. The molecule has 268 valence electrons. The molecule has 8 nitrogen and oxygen atoms in total. The Morgan fingerprint density at radius 1 is 1.12 bits per heavy atom. The number of likely N-dealkylation sites (N-methyl/N-ethyl adjacent to an activating group) is 1. The smallest absolute Gasteiger partial charge is 0.329 e. The average Bonchev–Trinajstić information content (AvgIpc) is 3.35. The molecule has 0 saturated heterocycles. The summed E-state index contributed by atoms with van der Waals surface area (Å²) in [5.74, 6) is 2.89. The fourth-order valence-electron chi connectivity index (χ4n) is 9.32. The minimum Gasteiger partial charge on any atom is -0.493 e. The molecule has 0 amide bonds. The number of hydrogen-bond acceptors (Lipinski definition) is 7. The number of benzene rings is 2. The van der Waals surface area contributed by atoms with Crippen LogP contribution in [0.5, 0.6) is 17.2 Å². The summed E-state index contributed by atoms with van der Waals surface area (Å²) in [5, 5.41) is 14.7. The molecular weight excluding hydrogens is 650 g/mol. The highest BCUT2D eigenvalue weighted by atomic mass is 35.5. The van der Waals surface area contributed by atoms with Gasteiger partial charge in [-0.3, -0.25) is 4.98 Å². The van der Waals surface area contributed by atoms with E-state index in [4.69, 9.17) is 25.8 Å². The lowest BCUT2D eigenvalue weighted by molar-refractivity contribution is -0.144. The number of pyridine rings is 1.